The normalized spacial score (nSPS) is 17.1. The van der Waals surface area contributed by atoms with Gasteiger partial charge in [0.1, 0.15) is 0 Å². The molecule has 0 amide bonds. The summed E-state index contributed by atoms with van der Waals surface area (Å²) in [5.41, 5.74) is 1.64. The summed E-state index contributed by atoms with van der Waals surface area (Å²) in [5, 5.41) is 9.75. The molecule has 0 atom stereocenters. The first-order valence-electron chi connectivity index (χ1n) is 5.87. The number of benzene rings is 1. The van der Waals surface area contributed by atoms with E-state index in [4.69, 9.17) is 4.74 Å². The van der Waals surface area contributed by atoms with Crippen LogP contribution in [0.15, 0.2) is 35.6 Å². The Morgan fingerprint density at radius 1 is 1.33 bits per heavy atom. The third kappa shape index (κ3) is 2.14. The fourth-order valence-corrected chi connectivity index (χ4v) is 2.04. The largest absolute Gasteiger partial charge is 0.502 e. The van der Waals surface area contributed by atoms with Gasteiger partial charge < -0.3 is 9.84 Å². The van der Waals surface area contributed by atoms with Crippen LogP contribution in [0.1, 0.15) is 29.3 Å². The van der Waals surface area contributed by atoms with Gasteiger partial charge in [-0.2, -0.15) is 0 Å². The summed E-state index contributed by atoms with van der Waals surface area (Å²) in [5.74, 6) is -1.68. The predicted octanol–water partition coefficient (Wildman–Crippen LogP) is 2.19. The molecular formula is C14H14O4. The summed E-state index contributed by atoms with van der Waals surface area (Å²) in [6, 6.07) is 7.22. The number of ketones is 1. The molecule has 1 N–H and O–H groups in total. The van der Waals surface area contributed by atoms with Crippen LogP contribution in [0.3, 0.4) is 0 Å². The van der Waals surface area contributed by atoms with Gasteiger partial charge in [-0.1, -0.05) is 24.3 Å². The number of carbonyl (C=O) groups is 2. The van der Waals surface area contributed by atoms with Crippen molar-refractivity contribution in [3.8, 4) is 0 Å². The van der Waals surface area contributed by atoms with Gasteiger partial charge >= 0.3 is 5.97 Å². The van der Waals surface area contributed by atoms with Gasteiger partial charge in [0.2, 0.25) is 5.76 Å². The van der Waals surface area contributed by atoms with E-state index in [2.05, 4.69) is 0 Å². The van der Waals surface area contributed by atoms with Gasteiger partial charge in [0.15, 0.2) is 5.78 Å². The Balaban J connectivity index is 2.37. The minimum atomic E-state index is -0.833. The third-order valence-corrected chi connectivity index (χ3v) is 2.94. The molecule has 1 aliphatic carbocycles. The average Bonchev–Trinajstić information content (AvgIpc) is 2.39. The van der Waals surface area contributed by atoms with Gasteiger partial charge in [-0.15, -0.1) is 0 Å². The fourth-order valence-electron chi connectivity index (χ4n) is 2.04. The Kier molecular flexibility index (Phi) is 3.46. The molecule has 94 valence electrons. The smallest absolute Gasteiger partial charge is 0.373 e. The molecule has 4 nitrogen and oxygen atoms in total. The van der Waals surface area contributed by atoms with Crippen molar-refractivity contribution in [2.75, 3.05) is 6.61 Å². The molecule has 0 unspecified atom stereocenters. The molecule has 1 aliphatic rings. The second-order valence-electron chi connectivity index (χ2n) is 4.03. The first-order chi connectivity index (χ1) is 8.65. The number of aliphatic hydroxyl groups is 1. The van der Waals surface area contributed by atoms with Gasteiger partial charge in [-0.05, 0) is 25.3 Å². The molecule has 1 aromatic carbocycles. The molecule has 0 saturated heterocycles. The number of rotatable bonds is 2. The third-order valence-electron chi connectivity index (χ3n) is 2.94. The van der Waals surface area contributed by atoms with Crippen LogP contribution in [0, 0.1) is 0 Å². The van der Waals surface area contributed by atoms with E-state index in [9.17, 15) is 14.7 Å². The van der Waals surface area contributed by atoms with Crippen molar-refractivity contribution in [2.24, 2.45) is 0 Å². The lowest BCUT2D eigenvalue weighted by Gasteiger charge is -2.17. The van der Waals surface area contributed by atoms with Crippen molar-refractivity contribution in [3.05, 3.63) is 46.7 Å². The van der Waals surface area contributed by atoms with Crippen LogP contribution < -0.4 is 0 Å². The number of carbonyl (C=O) groups excluding carboxylic acids is 2. The number of hydrogen-bond donors (Lipinski definition) is 1. The van der Waals surface area contributed by atoms with E-state index in [1.54, 1.807) is 19.1 Å². The van der Waals surface area contributed by atoms with Crippen molar-refractivity contribution in [3.63, 3.8) is 0 Å². The van der Waals surface area contributed by atoms with Crippen LogP contribution >= 0.6 is 0 Å². The Bertz CT molecular complexity index is 528. The lowest BCUT2D eigenvalue weighted by Crippen LogP contribution is -2.19. The zero-order valence-electron chi connectivity index (χ0n) is 10.1. The first kappa shape index (κ1) is 12.4. The molecule has 0 heterocycles. The monoisotopic (exact) mass is 246 g/mol. The van der Waals surface area contributed by atoms with Crippen LogP contribution in [-0.4, -0.2) is 23.5 Å². The fraction of sp³-hybridized carbons (Fsp3) is 0.286. The second-order valence-corrected chi connectivity index (χ2v) is 4.03. The highest BCUT2D eigenvalue weighted by atomic mass is 16.5. The molecule has 0 fully saturated rings. The molecule has 2 rings (SSSR count). The molecule has 1 aromatic rings. The topological polar surface area (TPSA) is 63.6 Å². The van der Waals surface area contributed by atoms with Crippen LogP contribution in [-0.2, 0) is 16.0 Å². The zero-order chi connectivity index (χ0) is 13.1. The standard InChI is InChI=1S/C14H14O4/c1-2-18-14(17)13(16)11-8-7-9-5-3-4-6-10(9)12(11)15/h3-6,16H,2,7-8H2,1H3/b13-11-. The van der Waals surface area contributed by atoms with Crippen molar-refractivity contribution >= 4 is 11.8 Å². The van der Waals surface area contributed by atoms with Gasteiger partial charge in [0.25, 0.3) is 0 Å². The minimum absolute atomic E-state index is 0.146. The highest BCUT2D eigenvalue weighted by molar-refractivity contribution is 6.13. The number of Topliss-reactive ketones (excluding diaryl/α,β-unsaturated/α-hetero) is 1. The van der Waals surface area contributed by atoms with E-state index in [1.807, 2.05) is 12.1 Å². The summed E-state index contributed by atoms with van der Waals surface area (Å²) >= 11 is 0. The molecule has 4 heteroatoms. The maximum atomic E-state index is 12.1. The molecule has 0 aliphatic heterocycles. The molecule has 0 aromatic heterocycles. The van der Waals surface area contributed by atoms with Crippen molar-refractivity contribution in [1.82, 2.24) is 0 Å². The quantitative estimate of drug-likeness (QED) is 0.493. The number of aryl methyl sites for hydroxylation is 1. The second kappa shape index (κ2) is 5.04. The predicted molar refractivity (Wildman–Crippen MR) is 65.4 cm³/mol. The van der Waals surface area contributed by atoms with Crippen LogP contribution in [0.4, 0.5) is 0 Å². The number of esters is 1. The number of aliphatic hydroxyl groups excluding tert-OH is 1. The molecule has 18 heavy (non-hydrogen) atoms. The van der Waals surface area contributed by atoms with Gasteiger partial charge in [0, 0.05) is 11.1 Å². The number of hydrogen-bond acceptors (Lipinski definition) is 4. The zero-order valence-corrected chi connectivity index (χ0v) is 10.1. The molecule has 0 spiro atoms. The molecule has 0 bridgehead atoms. The van der Waals surface area contributed by atoms with E-state index < -0.39 is 11.7 Å². The summed E-state index contributed by atoms with van der Waals surface area (Å²) in [4.78, 5) is 23.6. The maximum absolute atomic E-state index is 12.1. The SMILES string of the molecule is CCOC(=O)/C(O)=C1\CCc2ccccc2C1=O. The van der Waals surface area contributed by atoms with E-state index in [-0.39, 0.29) is 18.0 Å². The van der Waals surface area contributed by atoms with E-state index in [0.29, 0.717) is 18.4 Å². The Labute approximate surface area is 105 Å². The average molecular weight is 246 g/mol. The lowest BCUT2D eigenvalue weighted by atomic mass is 9.86. The van der Waals surface area contributed by atoms with Crippen molar-refractivity contribution in [1.29, 1.82) is 0 Å². The summed E-state index contributed by atoms with van der Waals surface area (Å²) in [6.45, 7) is 1.81. The van der Waals surface area contributed by atoms with Crippen molar-refractivity contribution in [2.45, 2.75) is 19.8 Å². The number of allylic oxidation sites excluding steroid dienone is 1. The van der Waals surface area contributed by atoms with E-state index >= 15 is 0 Å². The Morgan fingerprint density at radius 2 is 2.06 bits per heavy atom. The summed E-state index contributed by atoms with van der Waals surface area (Å²) in [6.07, 6.45) is 1.00. The summed E-state index contributed by atoms with van der Waals surface area (Å²) < 4.78 is 4.69. The van der Waals surface area contributed by atoms with Crippen LogP contribution in [0.25, 0.3) is 0 Å². The molecular weight excluding hydrogens is 232 g/mol. The van der Waals surface area contributed by atoms with Crippen LogP contribution in [0.2, 0.25) is 0 Å². The van der Waals surface area contributed by atoms with Gasteiger partial charge in [-0.25, -0.2) is 4.79 Å². The van der Waals surface area contributed by atoms with E-state index in [0.717, 1.165) is 5.56 Å². The maximum Gasteiger partial charge on any atom is 0.373 e. The Morgan fingerprint density at radius 3 is 2.78 bits per heavy atom. The van der Waals surface area contributed by atoms with Crippen LogP contribution in [0.5, 0.6) is 0 Å². The van der Waals surface area contributed by atoms with Crippen molar-refractivity contribution < 1.29 is 19.4 Å². The van der Waals surface area contributed by atoms with E-state index in [1.165, 1.54) is 0 Å². The van der Waals surface area contributed by atoms with Gasteiger partial charge in [-0.3, -0.25) is 4.79 Å². The highest BCUT2D eigenvalue weighted by Crippen LogP contribution is 2.26. The summed E-state index contributed by atoms with van der Waals surface area (Å²) in [7, 11) is 0. The molecule has 0 radical (unpaired) electrons. The van der Waals surface area contributed by atoms with Gasteiger partial charge in [0.05, 0.1) is 6.61 Å². The minimum Gasteiger partial charge on any atom is -0.502 e. The number of ether oxygens (including phenoxy) is 1. The number of fused-ring (bicyclic) bond motifs is 1. The molecule has 0 saturated carbocycles. The first-order valence-corrected chi connectivity index (χ1v) is 5.87. The Hall–Kier alpha value is -2.10. The lowest BCUT2D eigenvalue weighted by molar-refractivity contribution is -0.141. The highest BCUT2D eigenvalue weighted by Gasteiger charge is 2.27.